The lowest BCUT2D eigenvalue weighted by Crippen LogP contribution is -2.16. The standard InChI is InChI=1S/C16H23ClN2O2/c1-3-5-11-6-8-12(9-7-11)15-18-10-13(14(17)19-15)16(20)21-4-2/h10-12H,3-9H2,1-2H3/t11-,12-. The number of halogens is 1. The lowest BCUT2D eigenvalue weighted by atomic mass is 9.80. The molecule has 1 fully saturated rings. The van der Waals surface area contributed by atoms with Crippen molar-refractivity contribution in [1.29, 1.82) is 0 Å². The van der Waals surface area contributed by atoms with Crippen LogP contribution in [-0.4, -0.2) is 22.5 Å². The SMILES string of the molecule is CCC[C@H]1CC[C@H](c2ncc(C(=O)OCC)c(Cl)n2)CC1. The number of carbonyl (C=O) groups excluding carboxylic acids is 1. The van der Waals surface area contributed by atoms with Crippen LogP contribution in [0, 0.1) is 5.92 Å². The predicted molar refractivity (Wildman–Crippen MR) is 82.6 cm³/mol. The molecule has 1 aromatic heterocycles. The van der Waals surface area contributed by atoms with Crippen molar-refractivity contribution in [2.45, 2.75) is 58.3 Å². The molecule has 0 atom stereocenters. The van der Waals surface area contributed by atoms with Crippen LogP contribution in [0.2, 0.25) is 5.15 Å². The summed E-state index contributed by atoms with van der Waals surface area (Å²) in [6, 6.07) is 0. The van der Waals surface area contributed by atoms with Crippen molar-refractivity contribution in [2.75, 3.05) is 6.61 Å². The molecule has 4 nitrogen and oxygen atoms in total. The quantitative estimate of drug-likeness (QED) is 0.598. The molecular weight excluding hydrogens is 288 g/mol. The van der Waals surface area contributed by atoms with Crippen LogP contribution in [0.3, 0.4) is 0 Å². The van der Waals surface area contributed by atoms with E-state index in [1.807, 2.05) is 0 Å². The van der Waals surface area contributed by atoms with E-state index in [1.165, 1.54) is 31.9 Å². The van der Waals surface area contributed by atoms with Crippen LogP contribution < -0.4 is 0 Å². The molecule has 0 bridgehead atoms. The number of hydrogen-bond donors (Lipinski definition) is 0. The maximum absolute atomic E-state index is 11.7. The van der Waals surface area contributed by atoms with E-state index in [0.29, 0.717) is 12.5 Å². The highest BCUT2D eigenvalue weighted by Crippen LogP contribution is 2.36. The molecule has 21 heavy (non-hydrogen) atoms. The molecule has 0 spiro atoms. The topological polar surface area (TPSA) is 52.1 Å². The molecule has 0 aromatic carbocycles. The molecule has 1 aliphatic carbocycles. The Kier molecular flexibility index (Phi) is 5.97. The maximum Gasteiger partial charge on any atom is 0.342 e. The maximum atomic E-state index is 11.7. The lowest BCUT2D eigenvalue weighted by Gasteiger charge is -2.27. The third-order valence-corrected chi connectivity index (χ3v) is 4.45. The van der Waals surface area contributed by atoms with E-state index < -0.39 is 5.97 Å². The summed E-state index contributed by atoms with van der Waals surface area (Å²) >= 11 is 6.11. The molecule has 0 saturated heterocycles. The Labute approximate surface area is 131 Å². The summed E-state index contributed by atoms with van der Waals surface area (Å²) in [6.45, 7) is 4.32. The second kappa shape index (κ2) is 7.74. The molecule has 5 heteroatoms. The number of ether oxygens (including phenoxy) is 1. The number of aromatic nitrogens is 2. The van der Waals surface area contributed by atoms with E-state index in [2.05, 4.69) is 16.9 Å². The van der Waals surface area contributed by atoms with Crippen LogP contribution in [-0.2, 0) is 4.74 Å². The molecular formula is C16H23ClN2O2. The van der Waals surface area contributed by atoms with Crippen LogP contribution in [0.5, 0.6) is 0 Å². The summed E-state index contributed by atoms with van der Waals surface area (Å²) in [4.78, 5) is 20.3. The Hall–Kier alpha value is -1.16. The third kappa shape index (κ3) is 4.16. The molecule has 0 radical (unpaired) electrons. The molecule has 0 aliphatic heterocycles. The van der Waals surface area contributed by atoms with Gasteiger partial charge in [-0.3, -0.25) is 0 Å². The van der Waals surface area contributed by atoms with Crippen molar-refractivity contribution in [3.63, 3.8) is 0 Å². The molecule has 2 rings (SSSR count). The fourth-order valence-corrected chi connectivity index (χ4v) is 3.25. The van der Waals surface area contributed by atoms with E-state index in [0.717, 1.165) is 24.6 Å². The first-order chi connectivity index (χ1) is 10.2. The van der Waals surface area contributed by atoms with Gasteiger partial charge in [0.25, 0.3) is 0 Å². The summed E-state index contributed by atoms with van der Waals surface area (Å²) in [7, 11) is 0. The van der Waals surface area contributed by atoms with Crippen LogP contribution in [0.1, 0.15) is 74.5 Å². The van der Waals surface area contributed by atoms with E-state index in [4.69, 9.17) is 16.3 Å². The molecule has 0 amide bonds. The largest absolute Gasteiger partial charge is 0.462 e. The number of carbonyl (C=O) groups is 1. The van der Waals surface area contributed by atoms with Crippen molar-refractivity contribution in [1.82, 2.24) is 9.97 Å². The van der Waals surface area contributed by atoms with Crippen molar-refractivity contribution in [2.24, 2.45) is 5.92 Å². The van der Waals surface area contributed by atoms with E-state index in [-0.39, 0.29) is 10.7 Å². The summed E-state index contributed by atoms with van der Waals surface area (Å²) < 4.78 is 4.93. The summed E-state index contributed by atoms with van der Waals surface area (Å²) in [5.41, 5.74) is 0.252. The van der Waals surface area contributed by atoms with Gasteiger partial charge in [0.2, 0.25) is 0 Å². The first-order valence-corrected chi connectivity index (χ1v) is 8.23. The van der Waals surface area contributed by atoms with Crippen LogP contribution in [0.15, 0.2) is 6.20 Å². The highest BCUT2D eigenvalue weighted by Gasteiger charge is 2.25. The van der Waals surface area contributed by atoms with Gasteiger partial charge in [-0.25, -0.2) is 14.8 Å². The summed E-state index contributed by atoms with van der Waals surface area (Å²) in [5.74, 6) is 1.52. The fraction of sp³-hybridized carbons (Fsp3) is 0.688. The minimum Gasteiger partial charge on any atom is -0.462 e. The normalized spacial score (nSPS) is 22.0. The van der Waals surface area contributed by atoms with Gasteiger partial charge in [-0.2, -0.15) is 0 Å². The Bertz CT molecular complexity index is 485. The van der Waals surface area contributed by atoms with Gasteiger partial charge in [0.15, 0.2) is 0 Å². The highest BCUT2D eigenvalue weighted by molar-refractivity contribution is 6.32. The number of esters is 1. The van der Waals surface area contributed by atoms with Gasteiger partial charge in [0.1, 0.15) is 16.5 Å². The highest BCUT2D eigenvalue weighted by atomic mass is 35.5. The Morgan fingerprint density at radius 2 is 2.05 bits per heavy atom. The fourth-order valence-electron chi connectivity index (χ4n) is 3.03. The smallest absolute Gasteiger partial charge is 0.342 e. The first kappa shape index (κ1) is 16.2. The lowest BCUT2D eigenvalue weighted by molar-refractivity contribution is 0.0525. The second-order valence-electron chi connectivity index (χ2n) is 5.66. The Morgan fingerprint density at radius 1 is 1.33 bits per heavy atom. The molecule has 1 aliphatic rings. The summed E-state index contributed by atoms with van der Waals surface area (Å²) in [6.07, 6.45) is 8.76. The van der Waals surface area contributed by atoms with E-state index >= 15 is 0 Å². The third-order valence-electron chi connectivity index (χ3n) is 4.17. The van der Waals surface area contributed by atoms with Gasteiger partial charge in [-0.1, -0.05) is 31.4 Å². The average molecular weight is 311 g/mol. The second-order valence-corrected chi connectivity index (χ2v) is 6.02. The number of rotatable bonds is 5. The molecule has 1 aromatic rings. The molecule has 1 saturated carbocycles. The number of nitrogens with zero attached hydrogens (tertiary/aromatic N) is 2. The van der Waals surface area contributed by atoms with Crippen LogP contribution in [0.25, 0.3) is 0 Å². The predicted octanol–water partition coefficient (Wildman–Crippen LogP) is 4.38. The van der Waals surface area contributed by atoms with Crippen LogP contribution >= 0.6 is 11.6 Å². The van der Waals surface area contributed by atoms with Gasteiger partial charge in [-0.15, -0.1) is 0 Å². The Morgan fingerprint density at radius 3 is 2.62 bits per heavy atom. The minimum absolute atomic E-state index is 0.203. The Balaban J connectivity index is 2.02. The summed E-state index contributed by atoms with van der Waals surface area (Å²) in [5, 5.41) is 0.203. The van der Waals surface area contributed by atoms with Crippen molar-refractivity contribution >= 4 is 17.6 Å². The van der Waals surface area contributed by atoms with Gasteiger partial charge < -0.3 is 4.74 Å². The average Bonchev–Trinajstić information content (AvgIpc) is 2.48. The van der Waals surface area contributed by atoms with Gasteiger partial charge in [-0.05, 0) is 38.5 Å². The van der Waals surface area contributed by atoms with Gasteiger partial charge in [0, 0.05) is 12.1 Å². The van der Waals surface area contributed by atoms with Crippen molar-refractivity contribution in [3.8, 4) is 0 Å². The van der Waals surface area contributed by atoms with Crippen molar-refractivity contribution < 1.29 is 9.53 Å². The van der Waals surface area contributed by atoms with E-state index in [1.54, 1.807) is 6.92 Å². The van der Waals surface area contributed by atoms with Crippen LogP contribution in [0.4, 0.5) is 0 Å². The zero-order valence-electron chi connectivity index (χ0n) is 12.8. The molecule has 1 heterocycles. The minimum atomic E-state index is -0.458. The molecule has 0 N–H and O–H groups in total. The zero-order valence-corrected chi connectivity index (χ0v) is 13.5. The zero-order chi connectivity index (χ0) is 15.2. The number of hydrogen-bond acceptors (Lipinski definition) is 4. The van der Waals surface area contributed by atoms with E-state index in [9.17, 15) is 4.79 Å². The monoisotopic (exact) mass is 310 g/mol. The first-order valence-electron chi connectivity index (χ1n) is 7.85. The van der Waals surface area contributed by atoms with Crippen molar-refractivity contribution in [3.05, 3.63) is 22.7 Å². The van der Waals surface area contributed by atoms with Gasteiger partial charge >= 0.3 is 5.97 Å². The molecule has 0 unspecified atom stereocenters. The molecule has 116 valence electrons. The van der Waals surface area contributed by atoms with Gasteiger partial charge in [0.05, 0.1) is 6.61 Å².